The highest BCUT2D eigenvalue weighted by molar-refractivity contribution is 9.10. The largest absolute Gasteiger partial charge is 0.287 e. The number of rotatable bonds is 3. The second-order valence-corrected chi connectivity index (χ2v) is 5.88. The summed E-state index contributed by atoms with van der Waals surface area (Å²) >= 11 is 9.60. The van der Waals surface area contributed by atoms with Gasteiger partial charge in [-0.15, -0.1) is 0 Å². The molecule has 100 valence electrons. The van der Waals surface area contributed by atoms with Crippen molar-refractivity contribution < 1.29 is 4.79 Å². The maximum absolute atomic E-state index is 12.7. The number of aromatic nitrogens is 2. The Labute approximate surface area is 125 Å². The van der Waals surface area contributed by atoms with Gasteiger partial charge in [0.2, 0.25) is 5.78 Å². The summed E-state index contributed by atoms with van der Waals surface area (Å²) in [5.41, 5.74) is 1.92. The number of ketones is 1. The Hall–Kier alpha value is -1.13. The predicted octanol–water partition coefficient (Wildman–Crippen LogP) is 4.42. The third kappa shape index (κ3) is 2.60. The minimum absolute atomic E-state index is 0.105. The molecule has 0 fully saturated rings. The van der Waals surface area contributed by atoms with E-state index < -0.39 is 0 Å². The van der Waals surface area contributed by atoms with Gasteiger partial charge < -0.3 is 0 Å². The zero-order valence-corrected chi connectivity index (χ0v) is 13.3. The van der Waals surface area contributed by atoms with E-state index in [0.29, 0.717) is 20.8 Å². The first-order valence-electron chi connectivity index (χ1n) is 5.96. The van der Waals surface area contributed by atoms with E-state index in [9.17, 15) is 4.79 Å². The molecule has 0 atom stereocenters. The van der Waals surface area contributed by atoms with Gasteiger partial charge in [-0.3, -0.25) is 9.48 Å². The second-order valence-electron chi connectivity index (χ2n) is 4.65. The van der Waals surface area contributed by atoms with Crippen molar-refractivity contribution in [2.75, 3.05) is 0 Å². The molecule has 0 amide bonds. The van der Waals surface area contributed by atoms with Crippen molar-refractivity contribution in [1.82, 2.24) is 9.78 Å². The second kappa shape index (κ2) is 5.47. The number of hydrogen-bond acceptors (Lipinski definition) is 2. The van der Waals surface area contributed by atoms with E-state index in [4.69, 9.17) is 11.6 Å². The lowest BCUT2D eigenvalue weighted by Gasteiger charge is -2.12. The predicted molar refractivity (Wildman–Crippen MR) is 79.9 cm³/mol. The minimum atomic E-state index is -0.119. The monoisotopic (exact) mass is 340 g/mol. The van der Waals surface area contributed by atoms with E-state index in [-0.39, 0.29) is 11.8 Å². The summed E-state index contributed by atoms with van der Waals surface area (Å²) in [4.78, 5) is 12.7. The molecular weight excluding hydrogens is 328 g/mol. The molecule has 19 heavy (non-hydrogen) atoms. The van der Waals surface area contributed by atoms with Crippen LogP contribution in [0.5, 0.6) is 0 Å². The first-order chi connectivity index (χ1) is 8.93. The lowest BCUT2D eigenvalue weighted by molar-refractivity contribution is 0.102. The fraction of sp³-hybridized carbons (Fsp3) is 0.286. The number of halogens is 2. The quantitative estimate of drug-likeness (QED) is 0.775. The van der Waals surface area contributed by atoms with Gasteiger partial charge in [0.25, 0.3) is 0 Å². The van der Waals surface area contributed by atoms with Crippen molar-refractivity contribution in [3.8, 4) is 0 Å². The fourth-order valence-corrected chi connectivity index (χ4v) is 2.56. The van der Waals surface area contributed by atoms with E-state index in [1.54, 1.807) is 16.9 Å². The highest BCUT2D eigenvalue weighted by atomic mass is 79.9. The maximum atomic E-state index is 12.7. The molecule has 0 saturated heterocycles. The summed E-state index contributed by atoms with van der Waals surface area (Å²) in [5.74, 6) is -0.119. The Morgan fingerprint density at radius 1 is 1.42 bits per heavy atom. The van der Waals surface area contributed by atoms with Crippen molar-refractivity contribution in [2.45, 2.75) is 26.8 Å². The molecule has 3 nitrogen and oxygen atoms in total. The van der Waals surface area contributed by atoms with Gasteiger partial charge in [0.1, 0.15) is 5.69 Å². The van der Waals surface area contributed by atoms with Gasteiger partial charge in [0.05, 0.1) is 15.7 Å². The average molecular weight is 342 g/mol. The molecule has 0 aliphatic rings. The van der Waals surface area contributed by atoms with Crippen LogP contribution in [0.3, 0.4) is 0 Å². The van der Waals surface area contributed by atoms with Gasteiger partial charge in [-0.1, -0.05) is 23.7 Å². The first-order valence-corrected chi connectivity index (χ1v) is 7.13. The van der Waals surface area contributed by atoms with Crippen molar-refractivity contribution in [3.05, 3.63) is 50.7 Å². The summed E-state index contributed by atoms with van der Waals surface area (Å²) in [7, 11) is 0. The Bertz CT molecular complexity index is 634. The summed E-state index contributed by atoms with van der Waals surface area (Å²) in [6, 6.07) is 5.56. The third-order valence-corrected chi connectivity index (χ3v) is 3.97. The van der Waals surface area contributed by atoms with Crippen LogP contribution in [0.2, 0.25) is 5.02 Å². The molecule has 0 radical (unpaired) electrons. The van der Waals surface area contributed by atoms with Crippen LogP contribution < -0.4 is 0 Å². The molecule has 0 aliphatic carbocycles. The first kappa shape index (κ1) is 14.3. The van der Waals surface area contributed by atoms with Gasteiger partial charge in [-0.2, -0.15) is 5.10 Å². The summed E-state index contributed by atoms with van der Waals surface area (Å²) in [6.45, 7) is 5.84. The van der Waals surface area contributed by atoms with Gasteiger partial charge in [0, 0.05) is 11.6 Å². The third-order valence-electron chi connectivity index (χ3n) is 2.89. The Kier molecular flexibility index (Phi) is 4.11. The van der Waals surface area contributed by atoms with Crippen LogP contribution in [-0.2, 0) is 0 Å². The van der Waals surface area contributed by atoms with Crippen molar-refractivity contribution in [3.63, 3.8) is 0 Å². The van der Waals surface area contributed by atoms with E-state index in [1.165, 1.54) is 0 Å². The molecule has 0 N–H and O–H groups in total. The van der Waals surface area contributed by atoms with E-state index in [0.717, 1.165) is 5.56 Å². The number of aryl methyl sites for hydroxylation is 1. The molecule has 2 rings (SSSR count). The lowest BCUT2D eigenvalue weighted by Crippen LogP contribution is -2.14. The summed E-state index contributed by atoms with van der Waals surface area (Å²) in [5, 5.41) is 4.72. The molecule has 5 heteroatoms. The van der Waals surface area contributed by atoms with Gasteiger partial charge in [0.15, 0.2) is 0 Å². The highest BCUT2D eigenvalue weighted by Gasteiger charge is 2.22. The number of hydrogen-bond donors (Lipinski definition) is 0. The Balaban J connectivity index is 2.56. The van der Waals surface area contributed by atoms with E-state index >= 15 is 0 Å². The van der Waals surface area contributed by atoms with Crippen LogP contribution in [0, 0.1) is 6.92 Å². The lowest BCUT2D eigenvalue weighted by atomic mass is 10.1. The molecule has 1 aromatic carbocycles. The van der Waals surface area contributed by atoms with E-state index in [2.05, 4.69) is 21.0 Å². The van der Waals surface area contributed by atoms with Crippen molar-refractivity contribution in [2.24, 2.45) is 0 Å². The minimum Gasteiger partial charge on any atom is -0.287 e. The molecule has 0 aliphatic heterocycles. The summed E-state index contributed by atoms with van der Waals surface area (Å²) in [6.07, 6.45) is 1.64. The summed E-state index contributed by atoms with van der Waals surface area (Å²) < 4.78 is 2.38. The topological polar surface area (TPSA) is 34.9 Å². The Morgan fingerprint density at radius 2 is 2.11 bits per heavy atom. The standard InChI is InChI=1S/C14H14BrClN2O/c1-8(2)18-13(11(15)7-17-18)14(19)10-6-4-5-9(3)12(10)16/h4-8H,1-3H3. The number of carbonyl (C=O) groups is 1. The van der Waals surface area contributed by atoms with Gasteiger partial charge >= 0.3 is 0 Å². The van der Waals surface area contributed by atoms with Crippen LogP contribution in [0.1, 0.15) is 41.5 Å². The van der Waals surface area contributed by atoms with Crippen molar-refractivity contribution >= 4 is 33.3 Å². The van der Waals surface area contributed by atoms with Crippen LogP contribution in [0.15, 0.2) is 28.9 Å². The fourth-order valence-electron chi connectivity index (χ4n) is 1.90. The molecule has 0 saturated carbocycles. The van der Waals surface area contributed by atoms with Crippen LogP contribution in [0.25, 0.3) is 0 Å². The van der Waals surface area contributed by atoms with Crippen LogP contribution >= 0.6 is 27.5 Å². The molecule has 1 heterocycles. The average Bonchev–Trinajstić information content (AvgIpc) is 2.74. The Morgan fingerprint density at radius 3 is 2.74 bits per heavy atom. The van der Waals surface area contributed by atoms with Crippen LogP contribution in [-0.4, -0.2) is 15.6 Å². The molecule has 0 bridgehead atoms. The molecule has 2 aromatic rings. The number of carbonyl (C=O) groups excluding carboxylic acids is 1. The normalized spacial score (nSPS) is 11.1. The number of benzene rings is 1. The number of nitrogens with zero attached hydrogens (tertiary/aromatic N) is 2. The van der Waals surface area contributed by atoms with Crippen molar-refractivity contribution in [1.29, 1.82) is 0 Å². The molecule has 0 unspecified atom stereocenters. The molecular formula is C14H14BrClN2O. The van der Waals surface area contributed by atoms with E-state index in [1.807, 2.05) is 32.9 Å². The zero-order chi connectivity index (χ0) is 14.2. The zero-order valence-electron chi connectivity index (χ0n) is 10.9. The smallest absolute Gasteiger partial charge is 0.213 e. The SMILES string of the molecule is Cc1cccc(C(=O)c2c(Br)cnn2C(C)C)c1Cl. The highest BCUT2D eigenvalue weighted by Crippen LogP contribution is 2.27. The van der Waals surface area contributed by atoms with Gasteiger partial charge in [-0.25, -0.2) is 0 Å². The van der Waals surface area contributed by atoms with Gasteiger partial charge in [-0.05, 0) is 48.3 Å². The molecule has 0 spiro atoms. The van der Waals surface area contributed by atoms with Crippen LogP contribution in [0.4, 0.5) is 0 Å². The maximum Gasteiger partial charge on any atom is 0.213 e. The molecule has 1 aromatic heterocycles.